The third-order valence-corrected chi connectivity index (χ3v) is 4.46. The van der Waals surface area contributed by atoms with E-state index in [4.69, 9.17) is 0 Å². The van der Waals surface area contributed by atoms with Crippen LogP contribution in [0.15, 0.2) is 22.2 Å². The van der Waals surface area contributed by atoms with Crippen LogP contribution in [0, 0.1) is 17.3 Å². The Morgan fingerprint density at radius 2 is 2.00 bits per heavy atom. The second kappa shape index (κ2) is 3.98. The number of halogens is 1. The summed E-state index contributed by atoms with van der Waals surface area (Å²) in [6, 6.07) is 0. The molecule has 17 heavy (non-hydrogen) atoms. The van der Waals surface area contributed by atoms with Gasteiger partial charge in [0.15, 0.2) is 0 Å². The predicted molar refractivity (Wildman–Crippen MR) is 64.7 cm³/mol. The minimum Gasteiger partial charge on any atom is -0.481 e. The quantitative estimate of drug-likeness (QED) is 0.839. The normalized spacial score (nSPS) is 32.7. The molecule has 1 fully saturated rings. The summed E-state index contributed by atoms with van der Waals surface area (Å²) >= 11 is 3.19. The Labute approximate surface area is 107 Å². The van der Waals surface area contributed by atoms with E-state index in [1.54, 1.807) is 19.1 Å². The standard InChI is InChI=1S/C12H13BrO4/c1-6-9(10(14)15)8(13)4-5-12(6,11(16)17)7-2-3-7/h4-7H,2-3H2,1H3,(H,14,15)(H,16,17). The summed E-state index contributed by atoms with van der Waals surface area (Å²) in [7, 11) is 0. The van der Waals surface area contributed by atoms with Crippen molar-refractivity contribution in [2.45, 2.75) is 19.8 Å². The lowest BCUT2D eigenvalue weighted by molar-refractivity contribution is -0.149. The molecular weight excluding hydrogens is 288 g/mol. The van der Waals surface area contributed by atoms with Gasteiger partial charge in [0, 0.05) is 10.4 Å². The summed E-state index contributed by atoms with van der Waals surface area (Å²) in [6.45, 7) is 1.68. The van der Waals surface area contributed by atoms with E-state index in [0.29, 0.717) is 4.48 Å². The average Bonchev–Trinajstić information content (AvgIpc) is 3.01. The van der Waals surface area contributed by atoms with Crippen molar-refractivity contribution < 1.29 is 19.8 Å². The molecule has 92 valence electrons. The van der Waals surface area contributed by atoms with Crippen LogP contribution in [0.25, 0.3) is 0 Å². The van der Waals surface area contributed by atoms with Crippen molar-refractivity contribution >= 4 is 27.9 Å². The van der Waals surface area contributed by atoms with Crippen LogP contribution in [-0.4, -0.2) is 22.2 Å². The van der Waals surface area contributed by atoms with Gasteiger partial charge in [-0.3, -0.25) is 4.79 Å². The summed E-state index contributed by atoms with van der Waals surface area (Å²) < 4.78 is 0.468. The third kappa shape index (κ3) is 1.73. The van der Waals surface area contributed by atoms with Gasteiger partial charge in [-0.15, -0.1) is 0 Å². The second-order valence-corrected chi connectivity index (χ2v) is 5.49. The van der Waals surface area contributed by atoms with E-state index in [-0.39, 0.29) is 11.5 Å². The monoisotopic (exact) mass is 300 g/mol. The second-order valence-electron chi connectivity index (χ2n) is 4.63. The van der Waals surface area contributed by atoms with Gasteiger partial charge in [0.2, 0.25) is 0 Å². The lowest BCUT2D eigenvalue weighted by atomic mass is 9.66. The molecule has 0 spiro atoms. The van der Waals surface area contributed by atoms with Gasteiger partial charge in [-0.1, -0.05) is 35.0 Å². The average molecular weight is 301 g/mol. The highest BCUT2D eigenvalue weighted by atomic mass is 79.9. The first kappa shape index (κ1) is 12.4. The predicted octanol–water partition coefficient (Wildman–Crippen LogP) is 2.41. The number of rotatable bonds is 3. The fraction of sp³-hybridized carbons (Fsp3) is 0.500. The highest BCUT2D eigenvalue weighted by molar-refractivity contribution is 9.12. The zero-order chi connectivity index (χ0) is 12.8. The summed E-state index contributed by atoms with van der Waals surface area (Å²) in [6.07, 6.45) is 4.92. The van der Waals surface area contributed by atoms with Gasteiger partial charge in [0.25, 0.3) is 0 Å². The van der Waals surface area contributed by atoms with Crippen molar-refractivity contribution in [2.24, 2.45) is 17.3 Å². The van der Waals surface area contributed by atoms with Gasteiger partial charge in [-0.25, -0.2) is 4.79 Å². The van der Waals surface area contributed by atoms with E-state index in [1.807, 2.05) is 0 Å². The van der Waals surface area contributed by atoms with E-state index in [0.717, 1.165) is 12.8 Å². The van der Waals surface area contributed by atoms with Crippen molar-refractivity contribution in [2.75, 3.05) is 0 Å². The Morgan fingerprint density at radius 3 is 2.41 bits per heavy atom. The van der Waals surface area contributed by atoms with E-state index in [9.17, 15) is 19.8 Å². The molecule has 2 atom stereocenters. The lowest BCUT2D eigenvalue weighted by Crippen LogP contribution is -2.41. The van der Waals surface area contributed by atoms with E-state index >= 15 is 0 Å². The van der Waals surface area contributed by atoms with Crippen LogP contribution in [0.1, 0.15) is 19.8 Å². The number of hydrogen-bond donors (Lipinski definition) is 2. The van der Waals surface area contributed by atoms with Crippen molar-refractivity contribution in [3.05, 3.63) is 22.2 Å². The van der Waals surface area contributed by atoms with Crippen molar-refractivity contribution in [1.82, 2.24) is 0 Å². The van der Waals surface area contributed by atoms with Crippen molar-refractivity contribution in [3.8, 4) is 0 Å². The molecule has 2 unspecified atom stereocenters. The first-order valence-corrected chi connectivity index (χ1v) is 6.26. The van der Waals surface area contributed by atoms with Gasteiger partial charge in [0.05, 0.1) is 11.0 Å². The maximum Gasteiger partial charge on any atom is 0.333 e. The van der Waals surface area contributed by atoms with Gasteiger partial charge < -0.3 is 10.2 Å². The minimum absolute atomic E-state index is 0.0567. The molecule has 0 saturated heterocycles. The van der Waals surface area contributed by atoms with Crippen LogP contribution in [-0.2, 0) is 9.59 Å². The summed E-state index contributed by atoms with van der Waals surface area (Å²) in [5.41, 5.74) is -0.896. The Hall–Kier alpha value is -1.10. The number of aliphatic carboxylic acids is 2. The topological polar surface area (TPSA) is 74.6 Å². The van der Waals surface area contributed by atoms with Crippen LogP contribution in [0.5, 0.6) is 0 Å². The Bertz CT molecular complexity index is 447. The first-order valence-electron chi connectivity index (χ1n) is 5.46. The fourth-order valence-corrected chi connectivity index (χ4v) is 3.31. The largest absolute Gasteiger partial charge is 0.481 e. The van der Waals surface area contributed by atoms with Crippen LogP contribution in [0.4, 0.5) is 0 Å². The van der Waals surface area contributed by atoms with E-state index < -0.39 is 23.3 Å². The molecule has 0 aromatic heterocycles. The molecule has 0 heterocycles. The van der Waals surface area contributed by atoms with Crippen LogP contribution in [0.2, 0.25) is 0 Å². The molecule has 4 nitrogen and oxygen atoms in total. The van der Waals surface area contributed by atoms with Crippen LogP contribution >= 0.6 is 15.9 Å². The third-order valence-electron chi connectivity index (χ3n) is 3.77. The highest BCUT2D eigenvalue weighted by Crippen LogP contribution is 2.55. The molecule has 2 aliphatic rings. The van der Waals surface area contributed by atoms with Crippen molar-refractivity contribution in [3.63, 3.8) is 0 Å². The molecule has 1 saturated carbocycles. The zero-order valence-corrected chi connectivity index (χ0v) is 10.9. The maximum atomic E-state index is 11.6. The molecule has 0 amide bonds. The lowest BCUT2D eigenvalue weighted by Gasteiger charge is -2.36. The van der Waals surface area contributed by atoms with E-state index in [2.05, 4.69) is 15.9 Å². The molecule has 0 bridgehead atoms. The molecule has 0 aliphatic heterocycles. The van der Waals surface area contributed by atoms with E-state index in [1.165, 1.54) is 0 Å². The number of hydrogen-bond acceptors (Lipinski definition) is 2. The molecule has 2 aliphatic carbocycles. The molecule has 2 rings (SSSR count). The number of allylic oxidation sites excluding steroid dienone is 2. The Kier molecular flexibility index (Phi) is 2.89. The summed E-state index contributed by atoms with van der Waals surface area (Å²) in [4.78, 5) is 22.8. The van der Waals surface area contributed by atoms with Gasteiger partial charge in [-0.05, 0) is 18.8 Å². The molecule has 0 aromatic carbocycles. The molecule has 2 N–H and O–H groups in total. The number of carboxylic acid groups (broad SMARTS) is 2. The van der Waals surface area contributed by atoms with Gasteiger partial charge >= 0.3 is 11.9 Å². The first-order chi connectivity index (χ1) is 7.91. The number of carbonyl (C=O) groups is 2. The van der Waals surface area contributed by atoms with Gasteiger partial charge in [-0.2, -0.15) is 0 Å². The van der Waals surface area contributed by atoms with Crippen LogP contribution in [0.3, 0.4) is 0 Å². The molecule has 0 aromatic rings. The number of carboxylic acids is 2. The highest BCUT2D eigenvalue weighted by Gasteiger charge is 2.56. The minimum atomic E-state index is -1.06. The molecular formula is C12H13BrO4. The fourth-order valence-electron chi connectivity index (χ4n) is 2.66. The van der Waals surface area contributed by atoms with Gasteiger partial charge in [0.1, 0.15) is 0 Å². The Morgan fingerprint density at radius 1 is 1.41 bits per heavy atom. The van der Waals surface area contributed by atoms with Crippen molar-refractivity contribution in [1.29, 1.82) is 0 Å². The molecule has 0 radical (unpaired) electrons. The maximum absolute atomic E-state index is 11.6. The molecule has 5 heteroatoms. The zero-order valence-electron chi connectivity index (χ0n) is 9.31. The SMILES string of the molecule is CC1C(C(=O)O)=C(Br)C=CC1(C(=O)O)C1CC1. The summed E-state index contributed by atoms with van der Waals surface area (Å²) in [5, 5.41) is 18.7. The summed E-state index contributed by atoms with van der Waals surface area (Å²) in [5.74, 6) is -2.45. The Balaban J connectivity index is 2.50. The van der Waals surface area contributed by atoms with Crippen LogP contribution < -0.4 is 0 Å². The smallest absolute Gasteiger partial charge is 0.333 e.